The van der Waals surface area contributed by atoms with Gasteiger partial charge >= 0.3 is 6.03 Å². The van der Waals surface area contributed by atoms with Crippen LogP contribution in [0.15, 0.2) is 4.99 Å². The molecule has 0 bridgehead atoms. The summed E-state index contributed by atoms with van der Waals surface area (Å²) in [5, 5.41) is 7.91. The third-order valence-corrected chi connectivity index (χ3v) is 5.86. The molecule has 1 atom stereocenters. The average molecular weight is 345 g/mol. The molecule has 0 aromatic carbocycles. The summed E-state index contributed by atoms with van der Waals surface area (Å²) < 4.78 is -0.0478. The number of thioether (sulfide) groups is 1. The Morgan fingerprint density at radius 2 is 1.86 bits per heavy atom. The number of amides is 2. The smallest absolute Gasteiger partial charge is 0.286 e. The van der Waals surface area contributed by atoms with Gasteiger partial charge in [-0.1, -0.05) is 37.4 Å². The standard InChI is InChI=1S/C15H25ClN4OS/c16-13-11-17-14(22-13)18-15(21)20(12-7-3-1-4-8-12)19-9-5-2-6-10-19/h12-13H,1-11H2,(H,17,18,21). The normalized spacial score (nSPS) is 27.5. The van der Waals surface area contributed by atoms with Crippen molar-refractivity contribution in [1.29, 1.82) is 0 Å². The average Bonchev–Trinajstić information content (AvgIpc) is 2.95. The molecule has 1 unspecified atom stereocenters. The molecule has 7 heteroatoms. The zero-order chi connectivity index (χ0) is 15.4. The van der Waals surface area contributed by atoms with E-state index in [-0.39, 0.29) is 10.7 Å². The van der Waals surface area contributed by atoms with Gasteiger partial charge in [-0.05, 0) is 25.7 Å². The molecule has 2 fully saturated rings. The van der Waals surface area contributed by atoms with Crippen LogP contribution in [0.3, 0.4) is 0 Å². The quantitative estimate of drug-likeness (QED) is 0.781. The number of halogens is 1. The molecular weight excluding hydrogens is 320 g/mol. The number of carbonyl (C=O) groups is 1. The number of hydrogen-bond acceptors (Lipinski definition) is 4. The summed E-state index contributed by atoms with van der Waals surface area (Å²) in [4.78, 5) is 17.1. The summed E-state index contributed by atoms with van der Waals surface area (Å²) in [7, 11) is 0. The van der Waals surface area contributed by atoms with Crippen molar-refractivity contribution in [3.63, 3.8) is 0 Å². The summed E-state index contributed by atoms with van der Waals surface area (Å²) in [6.07, 6.45) is 9.59. The lowest BCUT2D eigenvalue weighted by Gasteiger charge is -2.43. The van der Waals surface area contributed by atoms with E-state index in [0.29, 0.717) is 17.8 Å². The molecule has 124 valence electrons. The van der Waals surface area contributed by atoms with Crippen LogP contribution in [0, 0.1) is 0 Å². The van der Waals surface area contributed by atoms with Gasteiger partial charge in [-0.2, -0.15) is 0 Å². The number of nitrogens with zero attached hydrogens (tertiary/aromatic N) is 3. The van der Waals surface area contributed by atoms with E-state index in [2.05, 4.69) is 15.3 Å². The van der Waals surface area contributed by atoms with Crippen molar-refractivity contribution < 1.29 is 4.79 Å². The lowest BCUT2D eigenvalue weighted by Crippen LogP contribution is -2.57. The van der Waals surface area contributed by atoms with Crippen molar-refractivity contribution in [2.45, 2.75) is 62.1 Å². The highest BCUT2D eigenvalue weighted by Crippen LogP contribution is 2.27. The second-order valence-electron chi connectivity index (χ2n) is 6.25. The van der Waals surface area contributed by atoms with E-state index in [0.717, 1.165) is 25.9 Å². The number of hydrazine groups is 1. The molecule has 1 aliphatic carbocycles. The highest BCUT2D eigenvalue weighted by atomic mass is 35.5. The Morgan fingerprint density at radius 1 is 1.18 bits per heavy atom. The lowest BCUT2D eigenvalue weighted by atomic mass is 9.95. The predicted molar refractivity (Wildman–Crippen MR) is 92.2 cm³/mol. The Labute approximate surface area is 141 Å². The van der Waals surface area contributed by atoms with Gasteiger partial charge in [0.2, 0.25) is 0 Å². The number of piperidine rings is 1. The number of alkyl halides is 1. The second kappa shape index (κ2) is 7.88. The first-order valence-corrected chi connectivity index (χ1v) is 9.76. The van der Waals surface area contributed by atoms with Gasteiger partial charge in [0.25, 0.3) is 0 Å². The molecule has 1 saturated heterocycles. The molecule has 3 aliphatic rings. The van der Waals surface area contributed by atoms with Crippen LogP contribution in [-0.4, -0.2) is 51.6 Å². The van der Waals surface area contributed by atoms with Gasteiger partial charge in [0.1, 0.15) is 4.71 Å². The highest BCUT2D eigenvalue weighted by molar-refractivity contribution is 8.15. The number of urea groups is 1. The van der Waals surface area contributed by atoms with Gasteiger partial charge in [-0.15, -0.1) is 11.6 Å². The van der Waals surface area contributed by atoms with Crippen LogP contribution < -0.4 is 5.32 Å². The van der Waals surface area contributed by atoms with Crippen molar-refractivity contribution in [3.8, 4) is 0 Å². The Bertz CT molecular complexity index is 404. The monoisotopic (exact) mass is 344 g/mol. The van der Waals surface area contributed by atoms with E-state index in [1.807, 2.05) is 5.01 Å². The van der Waals surface area contributed by atoms with E-state index in [1.54, 1.807) is 0 Å². The molecule has 2 heterocycles. The Hall–Kier alpha value is -0.460. The van der Waals surface area contributed by atoms with Crippen LogP contribution in [0.4, 0.5) is 4.79 Å². The second-order valence-corrected chi connectivity index (χ2v) is 8.23. The first kappa shape index (κ1) is 16.4. The topological polar surface area (TPSA) is 47.9 Å². The minimum absolute atomic E-state index is 0.0224. The van der Waals surface area contributed by atoms with Gasteiger partial charge in [0.15, 0.2) is 5.17 Å². The number of aliphatic imine (C=N–C) groups is 1. The third kappa shape index (κ3) is 4.09. The Balaban J connectivity index is 1.67. The fourth-order valence-electron chi connectivity index (χ4n) is 3.51. The Kier molecular flexibility index (Phi) is 5.88. The molecule has 0 aromatic rings. The molecule has 22 heavy (non-hydrogen) atoms. The van der Waals surface area contributed by atoms with Crippen molar-refractivity contribution in [2.24, 2.45) is 4.99 Å². The summed E-state index contributed by atoms with van der Waals surface area (Å²) in [5.74, 6) is 0. The molecule has 3 rings (SSSR count). The van der Waals surface area contributed by atoms with E-state index < -0.39 is 0 Å². The lowest BCUT2D eigenvalue weighted by molar-refractivity contribution is -0.0405. The summed E-state index contributed by atoms with van der Waals surface area (Å²) in [6.45, 7) is 2.55. The molecule has 2 amide bonds. The van der Waals surface area contributed by atoms with Gasteiger partial charge in [0, 0.05) is 13.1 Å². The third-order valence-electron chi connectivity index (χ3n) is 4.60. The minimum atomic E-state index is -0.0478. The number of carbonyl (C=O) groups excluding carboxylic acids is 1. The van der Waals surface area contributed by atoms with Gasteiger partial charge in [0.05, 0.1) is 12.6 Å². The fraction of sp³-hybridized carbons (Fsp3) is 0.867. The molecule has 0 radical (unpaired) electrons. The van der Waals surface area contributed by atoms with Crippen LogP contribution >= 0.6 is 23.4 Å². The molecular formula is C15H25ClN4OS. The van der Waals surface area contributed by atoms with E-state index in [1.165, 1.54) is 50.3 Å². The maximum Gasteiger partial charge on any atom is 0.338 e. The van der Waals surface area contributed by atoms with Gasteiger partial charge in [-0.25, -0.2) is 9.80 Å². The maximum atomic E-state index is 12.8. The first-order valence-electron chi connectivity index (χ1n) is 8.44. The zero-order valence-corrected chi connectivity index (χ0v) is 14.5. The molecule has 0 spiro atoms. The van der Waals surface area contributed by atoms with Crippen LogP contribution in [0.25, 0.3) is 0 Å². The number of rotatable bonds is 2. The van der Waals surface area contributed by atoms with E-state index in [4.69, 9.17) is 11.6 Å². The zero-order valence-electron chi connectivity index (χ0n) is 13.0. The molecule has 1 saturated carbocycles. The predicted octanol–water partition coefficient (Wildman–Crippen LogP) is 3.40. The van der Waals surface area contributed by atoms with Crippen LogP contribution in [0.1, 0.15) is 51.4 Å². The highest BCUT2D eigenvalue weighted by Gasteiger charge is 2.32. The SMILES string of the molecule is O=C(NC1=NCC(Cl)S1)N(C1CCCCC1)N1CCCCC1. The van der Waals surface area contributed by atoms with Crippen molar-refractivity contribution in [3.05, 3.63) is 0 Å². The molecule has 0 aromatic heterocycles. The van der Waals surface area contributed by atoms with Gasteiger partial charge in [-0.3, -0.25) is 15.3 Å². The van der Waals surface area contributed by atoms with E-state index >= 15 is 0 Å². The van der Waals surface area contributed by atoms with Crippen LogP contribution in [0.2, 0.25) is 0 Å². The summed E-state index contributed by atoms with van der Waals surface area (Å²) >= 11 is 7.48. The van der Waals surface area contributed by atoms with Crippen molar-refractivity contribution >= 4 is 34.6 Å². The number of hydrogen-bond donors (Lipinski definition) is 1. The van der Waals surface area contributed by atoms with Crippen molar-refractivity contribution in [1.82, 2.24) is 15.3 Å². The van der Waals surface area contributed by atoms with Gasteiger partial charge < -0.3 is 0 Å². The molecule has 1 N–H and O–H groups in total. The number of amidine groups is 1. The van der Waals surface area contributed by atoms with E-state index in [9.17, 15) is 4.79 Å². The summed E-state index contributed by atoms with van der Waals surface area (Å²) in [6, 6.07) is 0.316. The number of nitrogens with one attached hydrogen (secondary N) is 1. The van der Waals surface area contributed by atoms with Crippen LogP contribution in [0.5, 0.6) is 0 Å². The maximum absolute atomic E-state index is 12.8. The summed E-state index contributed by atoms with van der Waals surface area (Å²) in [5.41, 5.74) is 0. The first-order chi connectivity index (χ1) is 10.7. The Morgan fingerprint density at radius 3 is 2.50 bits per heavy atom. The van der Waals surface area contributed by atoms with Crippen LogP contribution in [-0.2, 0) is 0 Å². The van der Waals surface area contributed by atoms with Crippen molar-refractivity contribution in [2.75, 3.05) is 19.6 Å². The largest absolute Gasteiger partial charge is 0.338 e. The fourth-order valence-corrected chi connectivity index (χ4v) is 4.52. The minimum Gasteiger partial charge on any atom is -0.286 e. The molecule has 2 aliphatic heterocycles. The molecule has 5 nitrogen and oxygen atoms in total.